The first-order chi connectivity index (χ1) is 13.2. The van der Waals surface area contributed by atoms with Crippen LogP contribution in [0.4, 0.5) is 5.69 Å². The Morgan fingerprint density at radius 2 is 1.81 bits per heavy atom. The van der Waals surface area contributed by atoms with E-state index in [-0.39, 0.29) is 5.91 Å². The molecule has 0 fully saturated rings. The third-order valence-corrected chi connectivity index (χ3v) is 5.67. The zero-order valence-corrected chi connectivity index (χ0v) is 17.0. The SMILES string of the molecule is CCCCc1ccc(NC(=O)CSc2cn(CCC)c3ccccc23)cc1. The van der Waals surface area contributed by atoms with Gasteiger partial charge in [-0.15, -0.1) is 11.8 Å². The molecule has 0 saturated heterocycles. The van der Waals surface area contributed by atoms with E-state index in [2.05, 4.69) is 66.3 Å². The van der Waals surface area contributed by atoms with Gasteiger partial charge in [0.25, 0.3) is 0 Å². The van der Waals surface area contributed by atoms with Gasteiger partial charge < -0.3 is 9.88 Å². The van der Waals surface area contributed by atoms with Gasteiger partial charge in [0.05, 0.1) is 5.75 Å². The van der Waals surface area contributed by atoms with Crippen LogP contribution in [0.1, 0.15) is 38.7 Å². The summed E-state index contributed by atoms with van der Waals surface area (Å²) in [5, 5.41) is 4.23. The topological polar surface area (TPSA) is 34.0 Å². The maximum absolute atomic E-state index is 12.4. The lowest BCUT2D eigenvalue weighted by molar-refractivity contribution is -0.113. The number of para-hydroxylation sites is 1. The molecule has 3 rings (SSSR count). The second-order valence-corrected chi connectivity index (χ2v) is 7.86. The molecule has 0 aliphatic carbocycles. The predicted molar refractivity (Wildman–Crippen MR) is 117 cm³/mol. The summed E-state index contributed by atoms with van der Waals surface area (Å²) in [5.41, 5.74) is 3.44. The maximum Gasteiger partial charge on any atom is 0.234 e. The molecule has 1 amide bonds. The van der Waals surface area contributed by atoms with Gasteiger partial charge in [0, 0.05) is 34.2 Å². The van der Waals surface area contributed by atoms with Crippen molar-refractivity contribution < 1.29 is 4.79 Å². The third kappa shape index (κ3) is 5.16. The number of carbonyl (C=O) groups is 1. The molecule has 27 heavy (non-hydrogen) atoms. The van der Waals surface area contributed by atoms with Gasteiger partial charge in [-0.3, -0.25) is 4.79 Å². The molecule has 0 unspecified atom stereocenters. The molecule has 4 heteroatoms. The molecule has 0 bridgehead atoms. The Kier molecular flexibility index (Phi) is 6.99. The van der Waals surface area contributed by atoms with Gasteiger partial charge in [-0.25, -0.2) is 0 Å². The van der Waals surface area contributed by atoms with Crippen LogP contribution in [-0.4, -0.2) is 16.2 Å². The number of anilines is 1. The number of hydrogen-bond donors (Lipinski definition) is 1. The summed E-state index contributed by atoms with van der Waals surface area (Å²) >= 11 is 1.61. The number of aromatic nitrogens is 1. The highest BCUT2D eigenvalue weighted by molar-refractivity contribution is 8.00. The maximum atomic E-state index is 12.4. The number of nitrogens with one attached hydrogen (secondary N) is 1. The number of fused-ring (bicyclic) bond motifs is 1. The molecule has 1 N–H and O–H groups in total. The first kappa shape index (κ1) is 19.6. The van der Waals surface area contributed by atoms with Crippen molar-refractivity contribution in [1.29, 1.82) is 0 Å². The van der Waals surface area contributed by atoms with Crippen molar-refractivity contribution in [3.63, 3.8) is 0 Å². The van der Waals surface area contributed by atoms with Gasteiger partial charge >= 0.3 is 0 Å². The minimum absolute atomic E-state index is 0.0358. The minimum atomic E-state index is 0.0358. The Labute approximate surface area is 166 Å². The average Bonchev–Trinajstić information content (AvgIpc) is 3.04. The minimum Gasteiger partial charge on any atom is -0.346 e. The molecule has 1 heterocycles. The second kappa shape index (κ2) is 9.65. The summed E-state index contributed by atoms with van der Waals surface area (Å²) in [6.07, 6.45) is 6.77. The predicted octanol–water partition coefficient (Wildman–Crippen LogP) is 6.12. The van der Waals surface area contributed by atoms with Gasteiger partial charge in [-0.2, -0.15) is 0 Å². The van der Waals surface area contributed by atoms with E-state index in [1.807, 2.05) is 12.1 Å². The number of rotatable bonds is 9. The number of amides is 1. The molecular formula is C23H28N2OS. The van der Waals surface area contributed by atoms with Crippen molar-refractivity contribution in [2.24, 2.45) is 0 Å². The van der Waals surface area contributed by atoms with Crippen LogP contribution in [0.3, 0.4) is 0 Å². The molecule has 142 valence electrons. The van der Waals surface area contributed by atoms with Crippen molar-refractivity contribution in [3.8, 4) is 0 Å². The van der Waals surface area contributed by atoms with E-state index in [0.29, 0.717) is 5.75 Å². The third-order valence-electron chi connectivity index (χ3n) is 4.63. The summed E-state index contributed by atoms with van der Waals surface area (Å²) in [4.78, 5) is 13.5. The average molecular weight is 381 g/mol. The summed E-state index contributed by atoms with van der Waals surface area (Å²) in [7, 11) is 0. The molecule has 1 aromatic heterocycles. The first-order valence-corrected chi connectivity index (χ1v) is 10.8. The number of unbranched alkanes of at least 4 members (excludes halogenated alkanes) is 1. The number of thioether (sulfide) groups is 1. The molecular weight excluding hydrogens is 352 g/mol. The van der Waals surface area contributed by atoms with Crippen molar-refractivity contribution in [1.82, 2.24) is 4.57 Å². The first-order valence-electron chi connectivity index (χ1n) is 9.80. The van der Waals surface area contributed by atoms with Crippen molar-refractivity contribution in [2.75, 3.05) is 11.1 Å². The number of nitrogens with zero attached hydrogens (tertiary/aromatic N) is 1. The lowest BCUT2D eigenvalue weighted by atomic mass is 10.1. The highest BCUT2D eigenvalue weighted by Crippen LogP contribution is 2.30. The lowest BCUT2D eigenvalue weighted by Gasteiger charge is -2.06. The molecule has 0 saturated carbocycles. The highest BCUT2D eigenvalue weighted by Gasteiger charge is 2.10. The van der Waals surface area contributed by atoms with Gasteiger partial charge in [0.2, 0.25) is 5.91 Å². The number of carbonyl (C=O) groups excluding carboxylic acids is 1. The Balaban J connectivity index is 1.60. The van der Waals surface area contributed by atoms with Crippen LogP contribution in [0.15, 0.2) is 59.6 Å². The van der Waals surface area contributed by atoms with Gasteiger partial charge in [-0.05, 0) is 43.0 Å². The van der Waals surface area contributed by atoms with Gasteiger partial charge in [0.1, 0.15) is 0 Å². The molecule has 0 spiro atoms. The largest absolute Gasteiger partial charge is 0.346 e. The van der Waals surface area contributed by atoms with Crippen molar-refractivity contribution in [3.05, 3.63) is 60.3 Å². The summed E-state index contributed by atoms with van der Waals surface area (Å²) in [6, 6.07) is 16.6. The van der Waals surface area contributed by atoms with Crippen molar-refractivity contribution in [2.45, 2.75) is 51.0 Å². The molecule has 0 atom stereocenters. The van der Waals surface area contributed by atoms with Crippen LogP contribution < -0.4 is 5.32 Å². The Morgan fingerprint density at radius 1 is 1.04 bits per heavy atom. The lowest BCUT2D eigenvalue weighted by Crippen LogP contribution is -2.13. The summed E-state index contributed by atoms with van der Waals surface area (Å²) in [5.74, 6) is 0.450. The number of benzene rings is 2. The van der Waals surface area contributed by atoms with Crippen molar-refractivity contribution >= 4 is 34.3 Å². The number of hydrogen-bond acceptors (Lipinski definition) is 2. The molecule has 0 aliphatic rings. The Bertz CT molecular complexity index is 883. The van der Waals surface area contributed by atoms with E-state index < -0.39 is 0 Å². The summed E-state index contributed by atoms with van der Waals surface area (Å²) in [6.45, 7) is 5.38. The van der Waals surface area contributed by atoms with E-state index >= 15 is 0 Å². The van der Waals surface area contributed by atoms with Crippen LogP contribution in [0, 0.1) is 0 Å². The molecule has 2 aromatic carbocycles. The monoisotopic (exact) mass is 380 g/mol. The van der Waals surface area contributed by atoms with Crippen LogP contribution >= 0.6 is 11.8 Å². The second-order valence-electron chi connectivity index (χ2n) is 6.84. The van der Waals surface area contributed by atoms with E-state index in [9.17, 15) is 4.79 Å². The van der Waals surface area contributed by atoms with E-state index in [1.54, 1.807) is 11.8 Å². The zero-order chi connectivity index (χ0) is 19.1. The molecule has 0 aliphatic heterocycles. The van der Waals surface area contributed by atoms with Crippen LogP contribution in [0.5, 0.6) is 0 Å². The van der Waals surface area contributed by atoms with Crippen LogP contribution in [0.25, 0.3) is 10.9 Å². The fraction of sp³-hybridized carbons (Fsp3) is 0.348. The molecule has 0 radical (unpaired) electrons. The Hall–Kier alpha value is -2.20. The smallest absolute Gasteiger partial charge is 0.234 e. The molecule has 3 nitrogen and oxygen atoms in total. The normalized spacial score (nSPS) is 11.0. The fourth-order valence-electron chi connectivity index (χ4n) is 3.23. The fourth-order valence-corrected chi connectivity index (χ4v) is 4.12. The standard InChI is InChI=1S/C23H28N2OS/c1-3-5-8-18-11-13-19(14-12-18)24-23(26)17-27-22-16-25(15-4-2)21-10-7-6-9-20(21)22/h6-7,9-14,16H,3-5,8,15,17H2,1-2H3,(H,24,26). The van der Waals surface area contributed by atoms with E-state index in [4.69, 9.17) is 0 Å². The highest BCUT2D eigenvalue weighted by atomic mass is 32.2. The van der Waals surface area contributed by atoms with Crippen LogP contribution in [-0.2, 0) is 17.8 Å². The number of aryl methyl sites for hydroxylation is 2. The zero-order valence-electron chi connectivity index (χ0n) is 16.2. The van der Waals surface area contributed by atoms with Crippen LogP contribution in [0.2, 0.25) is 0 Å². The summed E-state index contributed by atoms with van der Waals surface area (Å²) < 4.78 is 2.28. The van der Waals surface area contributed by atoms with E-state index in [1.165, 1.54) is 34.2 Å². The Morgan fingerprint density at radius 3 is 2.56 bits per heavy atom. The van der Waals surface area contributed by atoms with Gasteiger partial charge in [-0.1, -0.05) is 50.6 Å². The van der Waals surface area contributed by atoms with E-state index in [0.717, 1.165) is 25.1 Å². The quantitative estimate of drug-likeness (QED) is 0.453. The molecule has 3 aromatic rings. The van der Waals surface area contributed by atoms with Gasteiger partial charge in [0.15, 0.2) is 0 Å².